The van der Waals surface area contributed by atoms with Crippen molar-refractivity contribution in [3.8, 4) is 0 Å². The normalized spacial score (nSPS) is 17.4. The molecule has 0 radical (unpaired) electrons. The highest BCUT2D eigenvalue weighted by molar-refractivity contribution is 5.56. The summed E-state index contributed by atoms with van der Waals surface area (Å²) in [5.74, 6) is 0. The Morgan fingerprint density at radius 3 is 3.00 bits per heavy atom. The minimum atomic E-state index is 0.441. The summed E-state index contributed by atoms with van der Waals surface area (Å²) in [7, 11) is 0. The zero-order chi connectivity index (χ0) is 9.97. The summed E-state index contributed by atoms with van der Waals surface area (Å²) in [5.41, 5.74) is 2.87. The molecule has 74 valence electrons. The molecule has 1 aliphatic rings. The lowest BCUT2D eigenvalue weighted by molar-refractivity contribution is 0.657. The summed E-state index contributed by atoms with van der Waals surface area (Å²) in [6.45, 7) is 7.23. The van der Waals surface area contributed by atoms with Crippen LogP contribution in [0.2, 0.25) is 0 Å². The topological polar surface area (TPSA) is 3.24 Å². The SMILES string of the molecule is C=C[C@H](C)N1CCCc2ccccc21. The van der Waals surface area contributed by atoms with Gasteiger partial charge in [-0.2, -0.15) is 0 Å². The molecule has 0 amide bonds. The van der Waals surface area contributed by atoms with Crippen LogP contribution in [0.15, 0.2) is 36.9 Å². The molecule has 0 unspecified atom stereocenters. The van der Waals surface area contributed by atoms with Crippen LogP contribution in [0.25, 0.3) is 0 Å². The molecule has 0 spiro atoms. The van der Waals surface area contributed by atoms with E-state index < -0.39 is 0 Å². The molecule has 14 heavy (non-hydrogen) atoms. The average Bonchev–Trinajstić information content (AvgIpc) is 2.27. The molecular weight excluding hydrogens is 170 g/mol. The highest BCUT2D eigenvalue weighted by atomic mass is 15.2. The van der Waals surface area contributed by atoms with Gasteiger partial charge in [0.25, 0.3) is 0 Å². The van der Waals surface area contributed by atoms with Gasteiger partial charge >= 0.3 is 0 Å². The lowest BCUT2D eigenvalue weighted by atomic mass is 10.0. The van der Waals surface area contributed by atoms with Crippen LogP contribution < -0.4 is 4.90 Å². The van der Waals surface area contributed by atoms with E-state index in [2.05, 4.69) is 42.7 Å². The lowest BCUT2D eigenvalue weighted by Gasteiger charge is -2.34. The molecule has 0 aliphatic carbocycles. The van der Waals surface area contributed by atoms with Crippen LogP contribution in [0.4, 0.5) is 5.69 Å². The smallest absolute Gasteiger partial charge is 0.0442 e. The molecule has 1 aromatic carbocycles. The van der Waals surface area contributed by atoms with Crippen molar-refractivity contribution in [3.05, 3.63) is 42.5 Å². The van der Waals surface area contributed by atoms with Crippen LogP contribution in [-0.4, -0.2) is 12.6 Å². The number of para-hydroxylation sites is 1. The Morgan fingerprint density at radius 2 is 2.21 bits per heavy atom. The van der Waals surface area contributed by atoms with Crippen molar-refractivity contribution in [1.29, 1.82) is 0 Å². The second-order valence-corrected chi connectivity index (χ2v) is 3.90. The molecule has 1 aromatic rings. The third-order valence-corrected chi connectivity index (χ3v) is 2.98. The summed E-state index contributed by atoms with van der Waals surface area (Å²) < 4.78 is 0. The first-order chi connectivity index (χ1) is 6.83. The predicted molar refractivity (Wildman–Crippen MR) is 61.8 cm³/mol. The number of anilines is 1. The number of aryl methyl sites for hydroxylation is 1. The maximum Gasteiger partial charge on any atom is 0.0442 e. The Balaban J connectivity index is 2.35. The van der Waals surface area contributed by atoms with E-state index in [1.54, 1.807) is 0 Å². The van der Waals surface area contributed by atoms with E-state index in [-0.39, 0.29) is 0 Å². The fourth-order valence-corrected chi connectivity index (χ4v) is 2.11. The van der Waals surface area contributed by atoms with Gasteiger partial charge in [0.2, 0.25) is 0 Å². The molecule has 0 N–H and O–H groups in total. The van der Waals surface area contributed by atoms with Crippen LogP contribution in [0.5, 0.6) is 0 Å². The molecule has 2 rings (SSSR count). The highest BCUT2D eigenvalue weighted by Gasteiger charge is 2.18. The van der Waals surface area contributed by atoms with Gasteiger partial charge < -0.3 is 4.90 Å². The van der Waals surface area contributed by atoms with Gasteiger partial charge in [0.15, 0.2) is 0 Å². The van der Waals surface area contributed by atoms with Crippen molar-refractivity contribution in [2.75, 3.05) is 11.4 Å². The molecule has 0 saturated heterocycles. The van der Waals surface area contributed by atoms with Crippen LogP contribution in [0, 0.1) is 0 Å². The molecule has 1 heterocycles. The zero-order valence-electron chi connectivity index (χ0n) is 8.74. The molecule has 0 bridgehead atoms. The third kappa shape index (κ3) is 1.54. The van der Waals surface area contributed by atoms with Gasteiger partial charge in [0, 0.05) is 18.3 Å². The molecule has 1 atom stereocenters. The number of fused-ring (bicyclic) bond motifs is 1. The minimum absolute atomic E-state index is 0.441. The quantitative estimate of drug-likeness (QED) is 0.643. The number of benzene rings is 1. The second-order valence-electron chi connectivity index (χ2n) is 3.90. The number of nitrogens with zero attached hydrogens (tertiary/aromatic N) is 1. The maximum absolute atomic E-state index is 3.87. The molecule has 0 saturated carbocycles. The Bertz CT molecular complexity index is 330. The van der Waals surface area contributed by atoms with Gasteiger partial charge in [0.05, 0.1) is 0 Å². The van der Waals surface area contributed by atoms with Crippen molar-refractivity contribution in [2.45, 2.75) is 25.8 Å². The van der Waals surface area contributed by atoms with Crippen LogP contribution >= 0.6 is 0 Å². The average molecular weight is 187 g/mol. The fraction of sp³-hybridized carbons (Fsp3) is 0.385. The van der Waals surface area contributed by atoms with Gasteiger partial charge in [-0.25, -0.2) is 0 Å². The standard InChI is InChI=1S/C13H17N/c1-3-11(2)14-10-6-8-12-7-4-5-9-13(12)14/h3-5,7,9,11H,1,6,8,10H2,2H3/t11-/m0/s1. The summed E-state index contributed by atoms with van der Waals surface area (Å²) >= 11 is 0. The molecule has 0 fully saturated rings. The predicted octanol–water partition coefficient (Wildman–Crippen LogP) is 3.01. The number of hydrogen-bond donors (Lipinski definition) is 0. The molecule has 1 aliphatic heterocycles. The monoisotopic (exact) mass is 187 g/mol. The Labute approximate surface area is 86.1 Å². The van der Waals surface area contributed by atoms with Gasteiger partial charge in [0.1, 0.15) is 0 Å². The molecule has 1 heteroatoms. The van der Waals surface area contributed by atoms with Crippen LogP contribution in [0.1, 0.15) is 18.9 Å². The van der Waals surface area contributed by atoms with Crippen LogP contribution in [0.3, 0.4) is 0 Å². The lowest BCUT2D eigenvalue weighted by Crippen LogP contribution is -2.35. The Hall–Kier alpha value is -1.24. The van der Waals surface area contributed by atoms with E-state index in [0.717, 1.165) is 6.54 Å². The summed E-state index contributed by atoms with van der Waals surface area (Å²) in [4.78, 5) is 2.44. The van der Waals surface area contributed by atoms with E-state index >= 15 is 0 Å². The molecule has 1 nitrogen and oxygen atoms in total. The number of rotatable bonds is 2. The van der Waals surface area contributed by atoms with Gasteiger partial charge in [-0.3, -0.25) is 0 Å². The molecule has 0 aromatic heterocycles. The first kappa shape index (κ1) is 9.32. The Morgan fingerprint density at radius 1 is 1.43 bits per heavy atom. The van der Waals surface area contributed by atoms with Crippen LogP contribution in [-0.2, 0) is 6.42 Å². The van der Waals surface area contributed by atoms with Crippen molar-refractivity contribution in [2.24, 2.45) is 0 Å². The van der Waals surface area contributed by atoms with Gasteiger partial charge in [-0.1, -0.05) is 24.3 Å². The highest BCUT2D eigenvalue weighted by Crippen LogP contribution is 2.28. The largest absolute Gasteiger partial charge is 0.365 e. The second kappa shape index (κ2) is 3.87. The van der Waals surface area contributed by atoms with E-state index in [0.29, 0.717) is 6.04 Å². The number of hydrogen-bond acceptors (Lipinski definition) is 1. The Kier molecular flexibility index (Phi) is 2.58. The van der Waals surface area contributed by atoms with Crippen molar-refractivity contribution in [3.63, 3.8) is 0 Å². The first-order valence-electron chi connectivity index (χ1n) is 5.30. The van der Waals surface area contributed by atoms with E-state index in [1.165, 1.54) is 24.1 Å². The van der Waals surface area contributed by atoms with E-state index in [9.17, 15) is 0 Å². The molecular formula is C13H17N. The van der Waals surface area contributed by atoms with Crippen molar-refractivity contribution >= 4 is 5.69 Å². The van der Waals surface area contributed by atoms with E-state index in [4.69, 9.17) is 0 Å². The zero-order valence-corrected chi connectivity index (χ0v) is 8.74. The minimum Gasteiger partial charge on any atom is -0.365 e. The first-order valence-corrected chi connectivity index (χ1v) is 5.30. The fourth-order valence-electron chi connectivity index (χ4n) is 2.11. The third-order valence-electron chi connectivity index (χ3n) is 2.98. The van der Waals surface area contributed by atoms with Crippen molar-refractivity contribution in [1.82, 2.24) is 0 Å². The summed E-state index contributed by atoms with van der Waals surface area (Å²) in [6, 6.07) is 9.14. The maximum atomic E-state index is 3.87. The van der Waals surface area contributed by atoms with Gasteiger partial charge in [-0.15, -0.1) is 6.58 Å². The summed E-state index contributed by atoms with van der Waals surface area (Å²) in [5, 5.41) is 0. The van der Waals surface area contributed by atoms with Gasteiger partial charge in [-0.05, 0) is 31.4 Å². The van der Waals surface area contributed by atoms with E-state index in [1.807, 2.05) is 6.08 Å². The van der Waals surface area contributed by atoms with Crippen molar-refractivity contribution < 1.29 is 0 Å². The summed E-state index contributed by atoms with van der Waals surface area (Å²) in [6.07, 6.45) is 4.49.